The highest BCUT2D eigenvalue weighted by atomic mass is 15.3. The topological polar surface area (TPSA) is 65.7 Å². The van der Waals surface area contributed by atoms with Crippen LogP contribution in [0, 0.1) is 5.92 Å². The minimum atomic E-state index is 0.387. The van der Waals surface area contributed by atoms with Crippen LogP contribution in [0.3, 0.4) is 0 Å². The molecule has 0 spiro atoms. The number of hydrogen-bond donors (Lipinski definition) is 3. The highest BCUT2D eigenvalue weighted by molar-refractivity contribution is 5.79. The summed E-state index contributed by atoms with van der Waals surface area (Å²) < 4.78 is 0. The highest BCUT2D eigenvalue weighted by Crippen LogP contribution is 2.00. The Morgan fingerprint density at radius 2 is 1.84 bits per heavy atom. The predicted octanol–water partition coefficient (Wildman–Crippen LogP) is 1.56. The molecular weight excluding hydrogens is 238 g/mol. The minimum absolute atomic E-state index is 0.387. The summed E-state index contributed by atoms with van der Waals surface area (Å²) in [5.74, 6) is 6.72. The van der Waals surface area contributed by atoms with E-state index in [1.54, 1.807) is 0 Å². The molecule has 0 saturated heterocycles. The van der Waals surface area contributed by atoms with Gasteiger partial charge in [0.25, 0.3) is 0 Å². The van der Waals surface area contributed by atoms with E-state index in [4.69, 9.17) is 5.84 Å². The van der Waals surface area contributed by atoms with Crippen molar-refractivity contribution in [2.45, 2.75) is 53.5 Å². The van der Waals surface area contributed by atoms with E-state index in [0.29, 0.717) is 17.9 Å². The lowest BCUT2D eigenvalue weighted by atomic mass is 10.2. The summed E-state index contributed by atoms with van der Waals surface area (Å²) in [6.07, 6.45) is 2.32. The third-order valence-electron chi connectivity index (χ3n) is 3.14. The number of rotatable bonds is 9. The van der Waals surface area contributed by atoms with Crippen molar-refractivity contribution >= 4 is 5.96 Å². The summed E-state index contributed by atoms with van der Waals surface area (Å²) >= 11 is 0. The fourth-order valence-corrected chi connectivity index (χ4v) is 1.87. The molecule has 0 bridgehead atoms. The third kappa shape index (κ3) is 9.73. The van der Waals surface area contributed by atoms with Gasteiger partial charge in [0.15, 0.2) is 0 Å². The van der Waals surface area contributed by atoms with Gasteiger partial charge >= 0.3 is 0 Å². The van der Waals surface area contributed by atoms with E-state index >= 15 is 0 Å². The van der Waals surface area contributed by atoms with Crippen LogP contribution in [-0.4, -0.2) is 43.1 Å². The first kappa shape index (κ1) is 18.2. The number of hydrogen-bond acceptors (Lipinski definition) is 3. The van der Waals surface area contributed by atoms with Crippen molar-refractivity contribution < 1.29 is 0 Å². The summed E-state index contributed by atoms with van der Waals surface area (Å²) in [7, 11) is 0. The van der Waals surface area contributed by atoms with E-state index in [1.165, 1.54) is 6.42 Å². The third-order valence-corrected chi connectivity index (χ3v) is 3.14. The zero-order chi connectivity index (χ0) is 14.7. The molecule has 0 radical (unpaired) electrons. The van der Waals surface area contributed by atoms with Crippen LogP contribution in [-0.2, 0) is 0 Å². The second kappa shape index (κ2) is 11.1. The van der Waals surface area contributed by atoms with Crippen LogP contribution in [0.25, 0.3) is 0 Å². The van der Waals surface area contributed by atoms with E-state index in [9.17, 15) is 0 Å². The Balaban J connectivity index is 3.93. The summed E-state index contributed by atoms with van der Waals surface area (Å²) in [6.45, 7) is 15.1. The van der Waals surface area contributed by atoms with Crippen LogP contribution < -0.4 is 16.6 Å². The van der Waals surface area contributed by atoms with Crippen molar-refractivity contribution in [3.63, 3.8) is 0 Å². The second-order valence-corrected chi connectivity index (χ2v) is 5.44. The van der Waals surface area contributed by atoms with Crippen molar-refractivity contribution in [3.05, 3.63) is 0 Å². The van der Waals surface area contributed by atoms with Crippen LogP contribution in [0.2, 0.25) is 0 Å². The normalized spacial score (nSPS) is 14.0. The Bertz CT molecular complexity index is 236. The van der Waals surface area contributed by atoms with Gasteiger partial charge in [0.1, 0.15) is 0 Å². The molecule has 1 atom stereocenters. The second-order valence-electron chi connectivity index (χ2n) is 5.44. The average Bonchev–Trinajstić information content (AvgIpc) is 2.39. The van der Waals surface area contributed by atoms with Crippen LogP contribution in [0.4, 0.5) is 0 Å². The van der Waals surface area contributed by atoms with Crippen molar-refractivity contribution in [3.8, 4) is 0 Å². The maximum atomic E-state index is 5.48. The monoisotopic (exact) mass is 271 g/mol. The van der Waals surface area contributed by atoms with Crippen LogP contribution in [0.5, 0.6) is 0 Å². The summed E-state index contributed by atoms with van der Waals surface area (Å²) in [5, 5.41) is 3.33. The van der Waals surface area contributed by atoms with Crippen molar-refractivity contribution in [2.75, 3.05) is 26.2 Å². The summed E-state index contributed by atoms with van der Waals surface area (Å²) in [5.41, 5.74) is 2.64. The van der Waals surface area contributed by atoms with E-state index in [2.05, 4.69) is 55.3 Å². The van der Waals surface area contributed by atoms with Crippen molar-refractivity contribution in [1.29, 1.82) is 0 Å². The molecular formula is C14H33N5. The highest BCUT2D eigenvalue weighted by Gasteiger charge is 2.06. The lowest BCUT2D eigenvalue weighted by molar-refractivity contribution is 0.292. The Morgan fingerprint density at radius 3 is 2.32 bits per heavy atom. The smallest absolute Gasteiger partial charge is 0.205 e. The minimum Gasteiger partial charge on any atom is -0.353 e. The molecule has 4 N–H and O–H groups in total. The van der Waals surface area contributed by atoms with Gasteiger partial charge in [-0.3, -0.25) is 10.4 Å². The molecule has 0 aliphatic rings. The first-order chi connectivity index (χ1) is 9.03. The van der Waals surface area contributed by atoms with Gasteiger partial charge < -0.3 is 10.2 Å². The van der Waals surface area contributed by atoms with Gasteiger partial charge in [0.05, 0.1) is 0 Å². The number of aliphatic imine (C=N–C) groups is 1. The maximum Gasteiger partial charge on any atom is 0.205 e. The van der Waals surface area contributed by atoms with E-state index in [1.807, 2.05) is 0 Å². The SMILES string of the molecule is CCN(CC)CCCC(C)NC(=NCC(C)C)NN. The molecule has 19 heavy (non-hydrogen) atoms. The van der Waals surface area contributed by atoms with Gasteiger partial charge in [-0.2, -0.15) is 0 Å². The molecule has 5 nitrogen and oxygen atoms in total. The molecule has 0 heterocycles. The summed E-state index contributed by atoms with van der Waals surface area (Å²) in [6, 6.07) is 0.387. The molecule has 0 fully saturated rings. The van der Waals surface area contributed by atoms with E-state index in [-0.39, 0.29) is 0 Å². The first-order valence-corrected chi connectivity index (χ1v) is 7.53. The largest absolute Gasteiger partial charge is 0.353 e. The standard InChI is InChI=1S/C14H33N5/c1-6-19(7-2)10-8-9-13(5)17-14(18-15)16-11-12(3)4/h12-13H,6-11,15H2,1-5H3,(H2,16,17,18). The van der Waals surface area contributed by atoms with Gasteiger partial charge in [0.2, 0.25) is 5.96 Å². The number of guanidine groups is 1. The van der Waals surface area contributed by atoms with E-state index < -0.39 is 0 Å². The fraction of sp³-hybridized carbons (Fsp3) is 0.929. The molecule has 114 valence electrons. The first-order valence-electron chi connectivity index (χ1n) is 7.53. The molecule has 5 heteroatoms. The van der Waals surface area contributed by atoms with Gasteiger partial charge in [-0.15, -0.1) is 0 Å². The molecule has 1 unspecified atom stereocenters. The van der Waals surface area contributed by atoms with Gasteiger partial charge in [0, 0.05) is 12.6 Å². The predicted molar refractivity (Wildman–Crippen MR) is 84.1 cm³/mol. The number of hydrazine groups is 1. The molecule has 0 aromatic heterocycles. The maximum absolute atomic E-state index is 5.48. The Kier molecular flexibility index (Phi) is 10.6. The molecule has 0 rings (SSSR count). The quantitative estimate of drug-likeness (QED) is 0.258. The van der Waals surface area contributed by atoms with Gasteiger partial charge in [-0.25, -0.2) is 5.84 Å². The van der Waals surface area contributed by atoms with Gasteiger partial charge in [-0.1, -0.05) is 27.7 Å². The lowest BCUT2D eigenvalue weighted by Gasteiger charge is -2.20. The Labute approximate surface area is 119 Å². The van der Waals surface area contributed by atoms with Gasteiger partial charge in [-0.05, 0) is 45.3 Å². The van der Waals surface area contributed by atoms with E-state index in [0.717, 1.165) is 32.6 Å². The number of nitrogens with two attached hydrogens (primary N) is 1. The molecule has 0 aliphatic carbocycles. The summed E-state index contributed by atoms with van der Waals surface area (Å²) in [4.78, 5) is 6.86. The molecule has 0 aromatic rings. The zero-order valence-corrected chi connectivity index (χ0v) is 13.4. The fourth-order valence-electron chi connectivity index (χ4n) is 1.87. The molecule has 0 aromatic carbocycles. The average molecular weight is 271 g/mol. The molecule has 0 amide bonds. The van der Waals surface area contributed by atoms with Crippen LogP contribution in [0.1, 0.15) is 47.5 Å². The number of nitrogens with zero attached hydrogens (tertiary/aromatic N) is 2. The van der Waals surface area contributed by atoms with Crippen LogP contribution >= 0.6 is 0 Å². The molecule has 0 aliphatic heterocycles. The van der Waals surface area contributed by atoms with Crippen LogP contribution in [0.15, 0.2) is 4.99 Å². The Morgan fingerprint density at radius 1 is 1.21 bits per heavy atom. The van der Waals surface area contributed by atoms with Crippen molar-refractivity contribution in [1.82, 2.24) is 15.6 Å². The lowest BCUT2D eigenvalue weighted by Crippen LogP contribution is -2.45. The zero-order valence-electron chi connectivity index (χ0n) is 13.4. The molecule has 0 saturated carbocycles. The van der Waals surface area contributed by atoms with Crippen molar-refractivity contribution in [2.24, 2.45) is 16.8 Å². The Hall–Kier alpha value is -0.810. The number of nitrogens with one attached hydrogen (secondary N) is 2.